The quantitative estimate of drug-likeness (QED) is 0.742. The predicted octanol–water partition coefficient (Wildman–Crippen LogP) is 2.15. The summed E-state index contributed by atoms with van der Waals surface area (Å²) in [5.74, 6) is -0.706. The first-order valence-corrected chi connectivity index (χ1v) is 7.51. The lowest BCUT2D eigenvalue weighted by atomic mass is 9.88. The normalized spacial score (nSPS) is 22.5. The van der Waals surface area contributed by atoms with Gasteiger partial charge in [-0.25, -0.2) is 0 Å². The van der Waals surface area contributed by atoms with E-state index in [2.05, 4.69) is 13.8 Å². The number of rotatable bonds is 8. The Morgan fingerprint density at radius 3 is 2.35 bits per heavy atom. The summed E-state index contributed by atoms with van der Waals surface area (Å²) in [7, 11) is 1.51. The maximum absolute atomic E-state index is 12.5. The fourth-order valence-electron chi connectivity index (χ4n) is 3.04. The molecule has 20 heavy (non-hydrogen) atoms. The minimum Gasteiger partial charge on any atom is -0.481 e. The second-order valence-electron chi connectivity index (χ2n) is 5.80. The van der Waals surface area contributed by atoms with Crippen molar-refractivity contribution in [2.45, 2.75) is 46.0 Å². The highest BCUT2D eigenvalue weighted by atomic mass is 16.5. The molecule has 1 heterocycles. The number of amides is 1. The van der Waals surface area contributed by atoms with Crippen LogP contribution >= 0.6 is 0 Å². The second-order valence-corrected chi connectivity index (χ2v) is 5.80. The largest absolute Gasteiger partial charge is 0.481 e. The molecule has 1 aliphatic heterocycles. The van der Waals surface area contributed by atoms with E-state index in [9.17, 15) is 14.7 Å². The third kappa shape index (κ3) is 3.72. The third-order valence-corrected chi connectivity index (χ3v) is 4.16. The number of likely N-dealkylation sites (tertiary alicyclic amines) is 1. The van der Waals surface area contributed by atoms with Crippen molar-refractivity contribution in [3.63, 3.8) is 0 Å². The molecule has 1 amide bonds. The number of carbonyl (C=O) groups is 2. The van der Waals surface area contributed by atoms with Crippen LogP contribution in [-0.2, 0) is 14.3 Å². The molecule has 5 heteroatoms. The number of nitrogens with zero attached hydrogens (tertiary/aromatic N) is 1. The molecule has 0 aromatic carbocycles. The molecule has 1 fully saturated rings. The zero-order valence-electron chi connectivity index (χ0n) is 12.9. The first-order valence-electron chi connectivity index (χ1n) is 7.51. The topological polar surface area (TPSA) is 66.8 Å². The van der Waals surface area contributed by atoms with E-state index in [0.29, 0.717) is 13.0 Å². The summed E-state index contributed by atoms with van der Waals surface area (Å²) in [6, 6.07) is 0. The summed E-state index contributed by atoms with van der Waals surface area (Å²) in [5, 5.41) is 9.42. The highest BCUT2D eigenvalue weighted by Crippen LogP contribution is 2.33. The Bertz CT molecular complexity index is 339. The number of ether oxygens (including phenoxy) is 1. The van der Waals surface area contributed by atoms with Gasteiger partial charge in [-0.05, 0) is 19.3 Å². The molecule has 1 unspecified atom stereocenters. The number of hydrogen-bond donors (Lipinski definition) is 1. The molecular formula is C15H27NO4. The van der Waals surface area contributed by atoms with Crippen LogP contribution in [0, 0.1) is 11.3 Å². The van der Waals surface area contributed by atoms with Crippen molar-refractivity contribution in [1.29, 1.82) is 0 Å². The fraction of sp³-hybridized carbons (Fsp3) is 0.867. The Kier molecular flexibility index (Phi) is 6.46. The van der Waals surface area contributed by atoms with Crippen LogP contribution in [0.5, 0.6) is 0 Å². The molecular weight excluding hydrogens is 258 g/mol. The van der Waals surface area contributed by atoms with Crippen molar-refractivity contribution in [2.24, 2.45) is 11.3 Å². The van der Waals surface area contributed by atoms with Gasteiger partial charge in [-0.1, -0.05) is 26.7 Å². The van der Waals surface area contributed by atoms with Crippen molar-refractivity contribution < 1.29 is 19.4 Å². The number of aliphatic carboxylic acids is 1. The fourth-order valence-corrected chi connectivity index (χ4v) is 3.04. The summed E-state index contributed by atoms with van der Waals surface area (Å²) >= 11 is 0. The lowest BCUT2D eigenvalue weighted by molar-refractivity contribution is -0.152. The smallest absolute Gasteiger partial charge is 0.313 e. The second kappa shape index (κ2) is 7.62. The van der Waals surface area contributed by atoms with Crippen molar-refractivity contribution in [2.75, 3.05) is 26.8 Å². The average molecular weight is 285 g/mol. The van der Waals surface area contributed by atoms with Gasteiger partial charge in [-0.2, -0.15) is 0 Å². The lowest BCUT2D eigenvalue weighted by Gasteiger charge is -2.26. The zero-order valence-corrected chi connectivity index (χ0v) is 12.9. The summed E-state index contributed by atoms with van der Waals surface area (Å²) in [4.78, 5) is 25.7. The monoisotopic (exact) mass is 285 g/mol. The molecule has 0 aromatic rings. The summed E-state index contributed by atoms with van der Waals surface area (Å²) in [6.07, 6.45) is 4.20. The first-order chi connectivity index (χ1) is 9.50. The minimum absolute atomic E-state index is 0.0390. The first kappa shape index (κ1) is 17.0. The molecule has 0 aromatic heterocycles. The Balaban J connectivity index is 2.73. The van der Waals surface area contributed by atoms with Gasteiger partial charge in [0.2, 0.25) is 5.91 Å². The summed E-state index contributed by atoms with van der Waals surface area (Å²) < 4.78 is 5.06. The van der Waals surface area contributed by atoms with Gasteiger partial charge >= 0.3 is 5.97 Å². The summed E-state index contributed by atoms with van der Waals surface area (Å²) in [5.41, 5.74) is -0.923. The van der Waals surface area contributed by atoms with Crippen LogP contribution in [0.1, 0.15) is 46.0 Å². The van der Waals surface area contributed by atoms with Gasteiger partial charge in [0.05, 0.1) is 6.61 Å². The van der Waals surface area contributed by atoms with Crippen molar-refractivity contribution in [3.8, 4) is 0 Å². The lowest BCUT2D eigenvalue weighted by Crippen LogP contribution is -2.41. The molecule has 0 radical (unpaired) electrons. The molecule has 0 bridgehead atoms. The Morgan fingerprint density at radius 1 is 1.30 bits per heavy atom. The van der Waals surface area contributed by atoms with E-state index in [0.717, 1.165) is 25.7 Å². The highest BCUT2D eigenvalue weighted by molar-refractivity contribution is 5.82. The standard InChI is InChI=1S/C15H27NO4/c1-4-6-12(7-5-2)13(17)16-9-8-15(10-16,11-20-3)14(18)19/h12H,4-11H2,1-3H3,(H,18,19). The number of methoxy groups -OCH3 is 1. The van der Waals surface area contributed by atoms with E-state index in [1.807, 2.05) is 0 Å². The number of carboxylic acids is 1. The summed E-state index contributed by atoms with van der Waals surface area (Å²) in [6.45, 7) is 5.12. The molecule has 0 saturated carbocycles. The number of carbonyl (C=O) groups excluding carboxylic acids is 1. The molecule has 1 N–H and O–H groups in total. The SMILES string of the molecule is CCCC(CCC)C(=O)N1CCC(COC)(C(=O)O)C1. The Hall–Kier alpha value is -1.10. The van der Waals surface area contributed by atoms with Gasteiger partial charge in [-0.15, -0.1) is 0 Å². The molecule has 1 rings (SSSR count). The van der Waals surface area contributed by atoms with Crippen molar-refractivity contribution >= 4 is 11.9 Å². The van der Waals surface area contributed by atoms with E-state index >= 15 is 0 Å². The number of hydrogen-bond acceptors (Lipinski definition) is 3. The van der Waals surface area contributed by atoms with Crippen molar-refractivity contribution in [3.05, 3.63) is 0 Å². The molecule has 1 saturated heterocycles. The molecule has 0 spiro atoms. The maximum atomic E-state index is 12.5. The van der Waals surface area contributed by atoms with E-state index in [-0.39, 0.29) is 25.0 Å². The highest BCUT2D eigenvalue weighted by Gasteiger charge is 2.47. The van der Waals surface area contributed by atoms with Crippen LogP contribution in [0.15, 0.2) is 0 Å². The Morgan fingerprint density at radius 2 is 1.90 bits per heavy atom. The van der Waals surface area contributed by atoms with E-state index in [1.54, 1.807) is 4.90 Å². The molecule has 0 aliphatic carbocycles. The van der Waals surface area contributed by atoms with Gasteiger partial charge in [0.25, 0.3) is 0 Å². The van der Waals surface area contributed by atoms with Gasteiger partial charge in [0.1, 0.15) is 5.41 Å². The van der Waals surface area contributed by atoms with Crippen LogP contribution in [0.25, 0.3) is 0 Å². The van der Waals surface area contributed by atoms with Crippen molar-refractivity contribution in [1.82, 2.24) is 4.90 Å². The van der Waals surface area contributed by atoms with Crippen LogP contribution in [0.3, 0.4) is 0 Å². The van der Waals surface area contributed by atoms with Gasteiger partial charge in [0, 0.05) is 26.1 Å². The maximum Gasteiger partial charge on any atom is 0.313 e. The van der Waals surface area contributed by atoms with Gasteiger partial charge < -0.3 is 14.7 Å². The van der Waals surface area contributed by atoms with Crippen LogP contribution in [0.2, 0.25) is 0 Å². The van der Waals surface area contributed by atoms with E-state index in [4.69, 9.17) is 4.74 Å². The third-order valence-electron chi connectivity index (χ3n) is 4.16. The van der Waals surface area contributed by atoms with E-state index < -0.39 is 11.4 Å². The zero-order chi connectivity index (χ0) is 15.2. The average Bonchev–Trinajstić information content (AvgIpc) is 2.84. The van der Waals surface area contributed by atoms with Crippen LogP contribution < -0.4 is 0 Å². The number of carboxylic acid groups (broad SMARTS) is 1. The van der Waals surface area contributed by atoms with Crippen LogP contribution in [0.4, 0.5) is 0 Å². The Labute approximate surface area is 121 Å². The van der Waals surface area contributed by atoms with E-state index in [1.165, 1.54) is 7.11 Å². The molecule has 116 valence electrons. The minimum atomic E-state index is -0.923. The molecule has 5 nitrogen and oxygen atoms in total. The predicted molar refractivity (Wildman–Crippen MR) is 76.4 cm³/mol. The van der Waals surface area contributed by atoms with Crippen LogP contribution in [-0.4, -0.2) is 48.7 Å². The molecule has 1 atom stereocenters. The van der Waals surface area contributed by atoms with Gasteiger partial charge in [0.15, 0.2) is 0 Å². The van der Waals surface area contributed by atoms with Gasteiger partial charge in [-0.3, -0.25) is 9.59 Å². The molecule has 1 aliphatic rings.